The smallest absolute Gasteiger partial charge is 0.210 e. The number of benzene rings is 5. The molecule has 0 spiro atoms. The Hall–Kier alpha value is -3.99. The highest BCUT2D eigenvalue weighted by Crippen LogP contribution is 2.52. The van der Waals surface area contributed by atoms with Gasteiger partial charge in [0.05, 0.1) is 5.41 Å². The summed E-state index contributed by atoms with van der Waals surface area (Å²) in [5, 5.41) is 5.27. The average molecular weight is 868 g/mol. The van der Waals surface area contributed by atoms with Gasteiger partial charge in [-0.15, -0.1) is 0 Å². The van der Waals surface area contributed by atoms with Crippen molar-refractivity contribution in [2.24, 2.45) is 0 Å². The molecule has 2 nitrogen and oxygen atoms in total. The van der Waals surface area contributed by atoms with E-state index in [-0.39, 0.29) is 10.8 Å². The highest BCUT2D eigenvalue weighted by Gasteiger charge is 2.46. The second kappa shape index (κ2) is 15.4. The van der Waals surface area contributed by atoms with Crippen molar-refractivity contribution in [2.45, 2.75) is 97.8 Å². The molecule has 0 bridgehead atoms. The van der Waals surface area contributed by atoms with Crippen LogP contribution < -0.4 is 4.90 Å². The topological polar surface area (TPSA) is 6.25 Å². The Kier molecular flexibility index (Phi) is 10.7. The minimum atomic E-state index is -0.147. The molecule has 1 aliphatic carbocycles. The van der Waals surface area contributed by atoms with E-state index in [4.69, 9.17) is 0 Å². The van der Waals surface area contributed by atoms with Crippen LogP contribution in [0.2, 0.25) is 0 Å². The minimum Gasteiger partial charge on any atom is -0.344 e. The van der Waals surface area contributed by atoms with Gasteiger partial charge in [-0.3, -0.25) is 0 Å². The molecule has 5 aromatic rings. The van der Waals surface area contributed by atoms with Crippen molar-refractivity contribution in [2.75, 3.05) is 18.0 Å². The highest BCUT2D eigenvalue weighted by molar-refractivity contribution is 9.10. The molecule has 0 aromatic heterocycles. The Labute approximate surface area is 351 Å². The Bertz CT molecular complexity index is 2540. The molecule has 0 radical (unpaired) electrons. The van der Waals surface area contributed by atoms with Gasteiger partial charge < -0.3 is 4.90 Å². The lowest BCUT2D eigenvalue weighted by atomic mass is 9.79. The number of nitrogens with zero attached hydrogens (tertiary/aromatic N) is 2. The van der Waals surface area contributed by atoms with E-state index in [0.29, 0.717) is 0 Å². The fourth-order valence-electron chi connectivity index (χ4n) is 9.91. The van der Waals surface area contributed by atoms with E-state index in [1.807, 2.05) is 0 Å². The number of halogens is 2. The predicted octanol–water partition coefficient (Wildman–Crippen LogP) is 15.4. The molecule has 8 rings (SSSR count). The third kappa shape index (κ3) is 6.59. The van der Waals surface area contributed by atoms with Gasteiger partial charge in [0, 0.05) is 56.4 Å². The molecule has 56 heavy (non-hydrogen) atoms. The van der Waals surface area contributed by atoms with Crippen molar-refractivity contribution in [1.82, 2.24) is 0 Å². The van der Waals surface area contributed by atoms with Crippen molar-refractivity contribution >= 4 is 81.6 Å². The first kappa shape index (κ1) is 38.9. The lowest BCUT2D eigenvalue weighted by Gasteiger charge is -2.27. The number of hydrogen-bond acceptors (Lipinski definition) is 1. The quantitative estimate of drug-likeness (QED) is 0.0947. The van der Waals surface area contributed by atoms with Crippen LogP contribution >= 0.6 is 31.9 Å². The summed E-state index contributed by atoms with van der Waals surface area (Å²) >= 11 is 7.44. The van der Waals surface area contributed by atoms with Gasteiger partial charge in [-0.25, -0.2) is 0 Å². The highest BCUT2D eigenvalue weighted by atomic mass is 79.9. The number of anilines is 1. The molecule has 0 saturated heterocycles. The third-order valence-corrected chi connectivity index (χ3v) is 13.7. The first-order chi connectivity index (χ1) is 27.0. The molecule has 5 aromatic carbocycles. The SMILES string of the molecule is CCCCCN1/C(=C/C=C2C(C)=C(/C=C/C3=[N+](CCCCC)c4ccc5cc(Br)ccc5c4C3(C)C)c3ccccc3/2)C(C)(C)c2c1ccc1cc(Br)ccc21. The maximum absolute atomic E-state index is 3.72. The molecule has 3 aliphatic rings. The van der Waals surface area contributed by atoms with Gasteiger partial charge in [0.2, 0.25) is 5.69 Å². The van der Waals surface area contributed by atoms with Crippen molar-refractivity contribution < 1.29 is 4.58 Å². The molecule has 2 heterocycles. The molecule has 0 unspecified atom stereocenters. The fraction of sp³-hybridized carbons (Fsp3) is 0.327. The summed E-state index contributed by atoms with van der Waals surface area (Å²) in [6.45, 7) is 18.7. The predicted molar refractivity (Wildman–Crippen MR) is 250 cm³/mol. The van der Waals surface area contributed by atoms with Gasteiger partial charge >= 0.3 is 0 Å². The van der Waals surface area contributed by atoms with Crippen molar-refractivity contribution in [3.05, 3.63) is 152 Å². The maximum Gasteiger partial charge on any atom is 0.210 e. The fourth-order valence-corrected chi connectivity index (χ4v) is 10.7. The molecule has 0 fully saturated rings. The second-order valence-electron chi connectivity index (χ2n) is 17.1. The average Bonchev–Trinajstić information content (AvgIpc) is 3.66. The summed E-state index contributed by atoms with van der Waals surface area (Å²) in [6, 6.07) is 31.8. The summed E-state index contributed by atoms with van der Waals surface area (Å²) in [7, 11) is 0. The summed E-state index contributed by atoms with van der Waals surface area (Å²) in [5.74, 6) is 0. The zero-order chi connectivity index (χ0) is 39.4. The van der Waals surface area contributed by atoms with Crippen LogP contribution in [0.4, 0.5) is 11.4 Å². The van der Waals surface area contributed by atoms with Crippen LogP contribution in [0.3, 0.4) is 0 Å². The van der Waals surface area contributed by atoms with Crippen LogP contribution in [0.15, 0.2) is 129 Å². The van der Waals surface area contributed by atoms with E-state index in [1.165, 1.54) is 122 Å². The monoisotopic (exact) mass is 865 g/mol. The largest absolute Gasteiger partial charge is 0.344 e. The van der Waals surface area contributed by atoms with Crippen molar-refractivity contribution in [1.29, 1.82) is 0 Å². The number of hydrogen-bond donors (Lipinski definition) is 0. The molecule has 286 valence electrons. The minimum absolute atomic E-state index is 0.147. The number of allylic oxidation sites excluding steroid dienone is 8. The van der Waals surface area contributed by atoms with Gasteiger partial charge in [0.15, 0.2) is 5.71 Å². The van der Waals surface area contributed by atoms with Gasteiger partial charge in [-0.1, -0.05) is 127 Å². The molecule has 4 heteroatoms. The number of rotatable bonds is 11. The van der Waals surface area contributed by atoms with E-state index in [1.54, 1.807) is 0 Å². The molecule has 0 amide bonds. The normalized spacial score (nSPS) is 18.4. The van der Waals surface area contributed by atoms with E-state index in [0.717, 1.165) is 22.0 Å². The lowest BCUT2D eigenvalue weighted by Crippen LogP contribution is -2.28. The maximum atomic E-state index is 3.72. The Morgan fingerprint density at radius 2 is 1.30 bits per heavy atom. The summed E-state index contributed by atoms with van der Waals surface area (Å²) < 4.78 is 4.87. The van der Waals surface area contributed by atoms with E-state index < -0.39 is 0 Å². The molecular formula is C52H55Br2N2+. The summed E-state index contributed by atoms with van der Waals surface area (Å²) in [5.41, 5.74) is 14.7. The molecular weight excluding hydrogens is 812 g/mol. The first-order valence-corrected chi connectivity index (χ1v) is 22.4. The van der Waals surface area contributed by atoms with Crippen LogP contribution in [0, 0.1) is 0 Å². The molecule has 2 aliphatic heterocycles. The van der Waals surface area contributed by atoms with Crippen molar-refractivity contribution in [3.8, 4) is 0 Å². The van der Waals surface area contributed by atoms with Crippen LogP contribution in [0.1, 0.15) is 109 Å². The van der Waals surface area contributed by atoms with Crippen LogP contribution in [-0.4, -0.2) is 23.4 Å². The summed E-state index contributed by atoms with van der Waals surface area (Å²) in [6.07, 6.45) is 17.0. The summed E-state index contributed by atoms with van der Waals surface area (Å²) in [4.78, 5) is 2.62. The third-order valence-electron chi connectivity index (χ3n) is 12.7. The second-order valence-corrected chi connectivity index (χ2v) is 18.9. The number of fused-ring (bicyclic) bond motifs is 7. The first-order valence-electron chi connectivity index (χ1n) is 20.8. The van der Waals surface area contributed by atoms with Gasteiger partial charge in [-0.2, -0.15) is 4.58 Å². The van der Waals surface area contributed by atoms with Crippen LogP contribution in [0.25, 0.3) is 32.7 Å². The Morgan fingerprint density at radius 1 is 0.661 bits per heavy atom. The van der Waals surface area contributed by atoms with Crippen LogP contribution in [-0.2, 0) is 10.8 Å². The van der Waals surface area contributed by atoms with Gasteiger partial charge in [0.25, 0.3) is 0 Å². The zero-order valence-electron chi connectivity index (χ0n) is 34.2. The van der Waals surface area contributed by atoms with Gasteiger partial charge in [-0.05, 0) is 137 Å². The lowest BCUT2D eigenvalue weighted by molar-refractivity contribution is -0.438. The van der Waals surface area contributed by atoms with E-state index in [2.05, 4.69) is 199 Å². The number of unbranched alkanes of at least 4 members (excludes halogenated alkanes) is 4. The Balaban J connectivity index is 1.22. The molecule has 0 atom stereocenters. The molecule has 0 N–H and O–H groups in total. The molecule has 0 saturated carbocycles. The standard InChI is InChI=1S/C52H55Br2N2/c1-8-10-14-30-55-45-26-18-35-32-37(53)20-22-41(35)49(45)51(4,5)47(55)28-24-39-34(3)40(44-17-13-12-16-43(39)44)25-29-48-52(6,7)50-42-23-21-38(54)33-36(42)19-27-46(50)56(48)31-15-11-9-2/h12-13,16-29,32-33H,8-11,14-15,30-31H2,1-7H3/q+1. The van der Waals surface area contributed by atoms with E-state index >= 15 is 0 Å². The zero-order valence-corrected chi connectivity index (χ0v) is 37.4. The van der Waals surface area contributed by atoms with E-state index in [9.17, 15) is 0 Å². The van der Waals surface area contributed by atoms with Crippen molar-refractivity contribution in [3.63, 3.8) is 0 Å². The Morgan fingerprint density at radius 3 is 2.00 bits per heavy atom. The van der Waals surface area contributed by atoms with Gasteiger partial charge in [0.1, 0.15) is 6.54 Å². The van der Waals surface area contributed by atoms with Crippen LogP contribution in [0.5, 0.6) is 0 Å².